The number of piperidine rings is 1. The molecule has 0 bridgehead atoms. The second-order valence-electron chi connectivity index (χ2n) is 6.40. The molecular formula is C15H27N3O. The molecule has 0 spiro atoms. The largest absolute Gasteiger partial charge is 0.342 e. The number of likely N-dealkylation sites (tertiary alicyclic amines) is 1. The van der Waals surface area contributed by atoms with E-state index in [0.29, 0.717) is 24.5 Å². The summed E-state index contributed by atoms with van der Waals surface area (Å²) < 4.78 is 0. The highest BCUT2D eigenvalue weighted by molar-refractivity contribution is 5.78. The van der Waals surface area contributed by atoms with Crippen molar-refractivity contribution >= 4 is 5.91 Å². The van der Waals surface area contributed by atoms with Crippen LogP contribution in [0.3, 0.4) is 0 Å². The molecule has 0 aromatic rings. The molecule has 2 heterocycles. The van der Waals surface area contributed by atoms with Crippen LogP contribution in [0.5, 0.6) is 0 Å². The average Bonchev–Trinajstić information content (AvgIpc) is 3.17. The third kappa shape index (κ3) is 3.69. The summed E-state index contributed by atoms with van der Waals surface area (Å²) in [5.41, 5.74) is 0. The third-order valence-corrected chi connectivity index (χ3v) is 4.73. The number of nitrogens with zero attached hydrogens (tertiary/aromatic N) is 2. The van der Waals surface area contributed by atoms with Gasteiger partial charge in [0.05, 0.1) is 6.54 Å². The van der Waals surface area contributed by atoms with Crippen molar-refractivity contribution in [1.29, 1.82) is 0 Å². The lowest BCUT2D eigenvalue weighted by molar-refractivity contribution is -0.133. The Hall–Kier alpha value is -0.610. The Balaban J connectivity index is 1.50. The Kier molecular flexibility index (Phi) is 4.38. The lowest BCUT2D eigenvalue weighted by Crippen LogP contribution is -2.46. The van der Waals surface area contributed by atoms with E-state index in [2.05, 4.69) is 15.1 Å². The summed E-state index contributed by atoms with van der Waals surface area (Å²) in [7, 11) is 0. The van der Waals surface area contributed by atoms with Crippen LogP contribution in [0.1, 0.15) is 44.9 Å². The highest BCUT2D eigenvalue weighted by Gasteiger charge is 2.33. The minimum atomic E-state index is 0.365. The molecule has 1 atom stereocenters. The summed E-state index contributed by atoms with van der Waals surface area (Å²) in [5, 5.41) is 3.56. The summed E-state index contributed by atoms with van der Waals surface area (Å²) in [4.78, 5) is 16.9. The first-order valence-electron chi connectivity index (χ1n) is 8.08. The molecule has 3 fully saturated rings. The minimum Gasteiger partial charge on any atom is -0.342 e. The highest BCUT2D eigenvalue weighted by Crippen LogP contribution is 2.27. The predicted molar refractivity (Wildman–Crippen MR) is 76.1 cm³/mol. The fourth-order valence-corrected chi connectivity index (χ4v) is 3.40. The van der Waals surface area contributed by atoms with Crippen LogP contribution in [0.15, 0.2) is 0 Å². The molecule has 2 aliphatic heterocycles. The maximum atomic E-state index is 12.4. The predicted octanol–water partition coefficient (Wildman–Crippen LogP) is 1.22. The molecule has 19 heavy (non-hydrogen) atoms. The number of hydrogen-bond donors (Lipinski definition) is 1. The molecule has 3 rings (SSSR count). The van der Waals surface area contributed by atoms with E-state index in [4.69, 9.17) is 0 Å². The molecule has 2 saturated heterocycles. The normalized spacial score (nSPS) is 28.1. The summed E-state index contributed by atoms with van der Waals surface area (Å²) in [6.45, 7) is 4.86. The average molecular weight is 265 g/mol. The number of hydrogen-bond acceptors (Lipinski definition) is 3. The molecule has 1 saturated carbocycles. The summed E-state index contributed by atoms with van der Waals surface area (Å²) >= 11 is 0. The number of rotatable bonds is 5. The quantitative estimate of drug-likeness (QED) is 0.812. The van der Waals surface area contributed by atoms with Crippen LogP contribution in [0.25, 0.3) is 0 Å². The fourth-order valence-electron chi connectivity index (χ4n) is 3.40. The van der Waals surface area contributed by atoms with Gasteiger partial charge in [-0.05, 0) is 51.5 Å². The number of nitrogens with one attached hydrogen (secondary N) is 1. The van der Waals surface area contributed by atoms with Gasteiger partial charge >= 0.3 is 0 Å². The van der Waals surface area contributed by atoms with Crippen LogP contribution >= 0.6 is 0 Å². The van der Waals surface area contributed by atoms with E-state index in [9.17, 15) is 4.79 Å². The third-order valence-electron chi connectivity index (χ3n) is 4.73. The number of carbonyl (C=O) groups excluding carboxylic acids is 1. The second-order valence-corrected chi connectivity index (χ2v) is 6.40. The van der Waals surface area contributed by atoms with Crippen molar-refractivity contribution in [2.75, 3.05) is 32.7 Å². The molecule has 1 aliphatic carbocycles. The van der Waals surface area contributed by atoms with E-state index in [1.807, 2.05) is 0 Å². The van der Waals surface area contributed by atoms with Gasteiger partial charge in [-0.3, -0.25) is 9.69 Å². The van der Waals surface area contributed by atoms with Crippen molar-refractivity contribution in [3.63, 3.8) is 0 Å². The Morgan fingerprint density at radius 2 is 1.89 bits per heavy atom. The number of amides is 1. The van der Waals surface area contributed by atoms with Gasteiger partial charge in [0.2, 0.25) is 5.91 Å². The first-order valence-corrected chi connectivity index (χ1v) is 8.08. The topological polar surface area (TPSA) is 35.6 Å². The van der Waals surface area contributed by atoms with Crippen molar-refractivity contribution in [2.24, 2.45) is 0 Å². The van der Waals surface area contributed by atoms with Gasteiger partial charge in [-0.15, -0.1) is 0 Å². The molecule has 3 aliphatic rings. The lowest BCUT2D eigenvalue weighted by atomic mass is 10.1. The van der Waals surface area contributed by atoms with Crippen LogP contribution < -0.4 is 5.32 Å². The van der Waals surface area contributed by atoms with Gasteiger partial charge in [-0.1, -0.05) is 0 Å². The van der Waals surface area contributed by atoms with Gasteiger partial charge < -0.3 is 10.2 Å². The molecule has 0 radical (unpaired) electrons. The molecule has 0 aromatic heterocycles. The van der Waals surface area contributed by atoms with E-state index >= 15 is 0 Å². The maximum Gasteiger partial charge on any atom is 0.236 e. The molecule has 108 valence electrons. The van der Waals surface area contributed by atoms with Crippen molar-refractivity contribution in [1.82, 2.24) is 15.1 Å². The second kappa shape index (κ2) is 6.23. The SMILES string of the molecule is O=C(CN(CC1CCCN1)C1CC1)N1CCCCC1. The highest BCUT2D eigenvalue weighted by atomic mass is 16.2. The van der Waals surface area contributed by atoms with Gasteiger partial charge in [0.15, 0.2) is 0 Å². The van der Waals surface area contributed by atoms with Gasteiger partial charge in [0.25, 0.3) is 0 Å². The van der Waals surface area contributed by atoms with E-state index in [0.717, 1.165) is 26.2 Å². The fraction of sp³-hybridized carbons (Fsp3) is 0.933. The lowest BCUT2D eigenvalue weighted by Gasteiger charge is -2.31. The molecule has 0 aromatic carbocycles. The summed E-state index contributed by atoms with van der Waals surface area (Å²) in [6.07, 6.45) is 8.84. The van der Waals surface area contributed by atoms with Gasteiger partial charge in [0.1, 0.15) is 0 Å². The first-order chi connectivity index (χ1) is 9.33. The van der Waals surface area contributed by atoms with E-state index in [1.165, 1.54) is 44.9 Å². The van der Waals surface area contributed by atoms with Crippen LogP contribution in [0.2, 0.25) is 0 Å². The van der Waals surface area contributed by atoms with Crippen molar-refractivity contribution in [3.05, 3.63) is 0 Å². The number of carbonyl (C=O) groups is 1. The van der Waals surface area contributed by atoms with Crippen LogP contribution in [-0.4, -0.2) is 60.5 Å². The van der Waals surface area contributed by atoms with E-state index in [1.54, 1.807) is 0 Å². The summed E-state index contributed by atoms with van der Waals surface area (Å²) in [5.74, 6) is 0.365. The van der Waals surface area contributed by atoms with Crippen LogP contribution in [0.4, 0.5) is 0 Å². The Morgan fingerprint density at radius 3 is 2.53 bits per heavy atom. The Labute approximate surface area is 116 Å². The summed E-state index contributed by atoms with van der Waals surface area (Å²) in [6, 6.07) is 1.31. The molecule has 1 amide bonds. The van der Waals surface area contributed by atoms with Gasteiger partial charge in [0, 0.05) is 31.7 Å². The molecule has 4 heteroatoms. The molecule has 1 unspecified atom stereocenters. The van der Waals surface area contributed by atoms with Crippen molar-refractivity contribution in [2.45, 2.75) is 57.0 Å². The first kappa shape index (κ1) is 13.4. The smallest absolute Gasteiger partial charge is 0.236 e. The van der Waals surface area contributed by atoms with Gasteiger partial charge in [-0.25, -0.2) is 0 Å². The zero-order chi connectivity index (χ0) is 13.1. The van der Waals surface area contributed by atoms with E-state index in [-0.39, 0.29) is 0 Å². The minimum absolute atomic E-state index is 0.365. The zero-order valence-corrected chi connectivity index (χ0v) is 11.9. The van der Waals surface area contributed by atoms with E-state index < -0.39 is 0 Å². The standard InChI is InChI=1S/C15H27N3O/c19-15(17-9-2-1-3-10-17)12-18(14-6-7-14)11-13-5-4-8-16-13/h13-14,16H,1-12H2. The Morgan fingerprint density at radius 1 is 1.11 bits per heavy atom. The zero-order valence-electron chi connectivity index (χ0n) is 11.9. The van der Waals surface area contributed by atoms with Crippen LogP contribution in [0, 0.1) is 0 Å². The maximum absolute atomic E-state index is 12.4. The van der Waals surface area contributed by atoms with Crippen molar-refractivity contribution < 1.29 is 4.79 Å². The molecular weight excluding hydrogens is 238 g/mol. The molecule has 4 nitrogen and oxygen atoms in total. The Bertz CT molecular complexity index is 305. The van der Waals surface area contributed by atoms with Crippen molar-refractivity contribution in [3.8, 4) is 0 Å². The molecule has 1 N–H and O–H groups in total. The van der Waals surface area contributed by atoms with Crippen LogP contribution in [-0.2, 0) is 4.79 Å². The van der Waals surface area contributed by atoms with Gasteiger partial charge in [-0.2, -0.15) is 0 Å². The monoisotopic (exact) mass is 265 g/mol.